The van der Waals surface area contributed by atoms with Gasteiger partial charge in [0.2, 0.25) is 0 Å². The van der Waals surface area contributed by atoms with Gasteiger partial charge in [-0.1, -0.05) is 12.1 Å². The van der Waals surface area contributed by atoms with E-state index in [0.717, 1.165) is 23.3 Å². The van der Waals surface area contributed by atoms with Crippen LogP contribution in [-0.4, -0.2) is 22.5 Å². The van der Waals surface area contributed by atoms with E-state index in [-0.39, 0.29) is 0 Å². The van der Waals surface area contributed by atoms with Crippen molar-refractivity contribution in [2.24, 2.45) is 4.99 Å². The van der Waals surface area contributed by atoms with E-state index in [1.165, 1.54) is 0 Å². The number of nitrogens with zero attached hydrogens (tertiary/aromatic N) is 4. The normalized spacial score (nSPS) is 17.1. The van der Waals surface area contributed by atoms with Gasteiger partial charge in [-0.2, -0.15) is 5.26 Å². The number of pyridine rings is 2. The molecule has 3 heterocycles. The lowest BCUT2D eigenvalue weighted by atomic mass is 10.1. The Hall–Kier alpha value is -3.46. The van der Waals surface area contributed by atoms with Crippen LogP contribution < -0.4 is 10.6 Å². The molecular formula is C19H18N6. The van der Waals surface area contributed by atoms with Gasteiger partial charge in [-0.25, -0.2) is 0 Å². The van der Waals surface area contributed by atoms with Gasteiger partial charge < -0.3 is 10.6 Å². The Labute approximate surface area is 146 Å². The summed E-state index contributed by atoms with van der Waals surface area (Å²) in [6.07, 6.45) is 7.91. The van der Waals surface area contributed by atoms with Crippen LogP contribution in [0.25, 0.3) is 5.57 Å². The molecule has 0 saturated heterocycles. The summed E-state index contributed by atoms with van der Waals surface area (Å²) >= 11 is 0. The number of rotatable bonds is 4. The second kappa shape index (κ2) is 7.88. The molecule has 25 heavy (non-hydrogen) atoms. The fourth-order valence-corrected chi connectivity index (χ4v) is 2.44. The van der Waals surface area contributed by atoms with Gasteiger partial charge in [0.15, 0.2) is 5.96 Å². The van der Waals surface area contributed by atoms with Crippen LogP contribution in [0.2, 0.25) is 0 Å². The number of aliphatic imine (C=N–C) groups is 1. The average molecular weight is 330 g/mol. The summed E-state index contributed by atoms with van der Waals surface area (Å²) in [4.78, 5) is 12.9. The van der Waals surface area contributed by atoms with Crippen molar-refractivity contribution in [3.63, 3.8) is 0 Å². The third-order valence-corrected chi connectivity index (χ3v) is 3.74. The smallest absolute Gasteiger partial charge is 0.199 e. The monoisotopic (exact) mass is 330 g/mol. The van der Waals surface area contributed by atoms with Crippen molar-refractivity contribution >= 4 is 11.5 Å². The molecule has 124 valence electrons. The topological polar surface area (TPSA) is 86.0 Å². The van der Waals surface area contributed by atoms with Crippen molar-refractivity contribution in [2.45, 2.75) is 13.3 Å². The van der Waals surface area contributed by atoms with E-state index >= 15 is 0 Å². The van der Waals surface area contributed by atoms with Gasteiger partial charge in [-0.3, -0.25) is 15.0 Å². The molecule has 6 nitrogen and oxygen atoms in total. The predicted molar refractivity (Wildman–Crippen MR) is 97.0 cm³/mol. The third-order valence-electron chi connectivity index (χ3n) is 3.74. The van der Waals surface area contributed by atoms with Crippen molar-refractivity contribution in [1.29, 1.82) is 5.26 Å². The molecule has 0 saturated carbocycles. The van der Waals surface area contributed by atoms with Crippen LogP contribution >= 0.6 is 0 Å². The van der Waals surface area contributed by atoms with Gasteiger partial charge in [0.05, 0.1) is 11.4 Å². The summed E-state index contributed by atoms with van der Waals surface area (Å²) in [6, 6.07) is 11.7. The van der Waals surface area contributed by atoms with Crippen LogP contribution in [-0.2, 0) is 6.42 Å². The second-order valence-corrected chi connectivity index (χ2v) is 5.52. The van der Waals surface area contributed by atoms with Crippen molar-refractivity contribution < 1.29 is 0 Å². The van der Waals surface area contributed by atoms with Crippen LogP contribution in [0.1, 0.15) is 18.2 Å². The van der Waals surface area contributed by atoms with Crippen LogP contribution in [0, 0.1) is 11.3 Å². The zero-order valence-corrected chi connectivity index (χ0v) is 13.9. The van der Waals surface area contributed by atoms with Crippen molar-refractivity contribution in [3.05, 3.63) is 77.6 Å². The number of guanidine groups is 1. The van der Waals surface area contributed by atoms with E-state index in [4.69, 9.17) is 0 Å². The van der Waals surface area contributed by atoms with Crippen molar-refractivity contribution in [2.75, 3.05) is 6.54 Å². The number of nitrogens with one attached hydrogen (secondary N) is 2. The van der Waals surface area contributed by atoms with E-state index in [9.17, 15) is 5.26 Å². The molecule has 0 amide bonds. The van der Waals surface area contributed by atoms with Crippen molar-refractivity contribution in [3.8, 4) is 6.07 Å². The molecular weight excluding hydrogens is 312 g/mol. The van der Waals surface area contributed by atoms with Crippen molar-refractivity contribution in [1.82, 2.24) is 20.6 Å². The van der Waals surface area contributed by atoms with E-state index in [1.54, 1.807) is 12.4 Å². The van der Waals surface area contributed by atoms with E-state index < -0.39 is 0 Å². The van der Waals surface area contributed by atoms with Crippen LogP contribution in [0.3, 0.4) is 0 Å². The van der Waals surface area contributed by atoms with Crippen LogP contribution in [0.4, 0.5) is 0 Å². The molecule has 6 heteroatoms. The molecule has 0 unspecified atom stereocenters. The largest absolute Gasteiger partial charge is 0.332 e. The van der Waals surface area contributed by atoms with Crippen LogP contribution in [0.5, 0.6) is 0 Å². The maximum Gasteiger partial charge on any atom is 0.199 e. The minimum Gasteiger partial charge on any atom is -0.332 e. The van der Waals surface area contributed by atoms with Gasteiger partial charge in [0.1, 0.15) is 11.6 Å². The first-order chi connectivity index (χ1) is 12.3. The average Bonchev–Trinajstić information content (AvgIpc) is 2.66. The molecule has 0 radical (unpaired) electrons. The second-order valence-electron chi connectivity index (χ2n) is 5.52. The highest BCUT2D eigenvalue weighted by atomic mass is 15.2. The minimum absolute atomic E-state index is 0.496. The van der Waals surface area contributed by atoms with Gasteiger partial charge in [-0.05, 0) is 42.7 Å². The molecule has 0 bridgehead atoms. The van der Waals surface area contributed by atoms with Gasteiger partial charge in [0, 0.05) is 31.3 Å². The van der Waals surface area contributed by atoms with E-state index in [2.05, 4.69) is 31.7 Å². The fraction of sp³-hybridized carbons (Fsp3) is 0.158. The van der Waals surface area contributed by atoms with Gasteiger partial charge >= 0.3 is 0 Å². The third kappa shape index (κ3) is 4.09. The minimum atomic E-state index is 0.496. The number of hydrogen-bond acceptors (Lipinski definition) is 4. The maximum atomic E-state index is 9.58. The number of allylic oxidation sites excluding steroid dienone is 2. The quantitative estimate of drug-likeness (QED) is 0.841. The Bertz CT molecular complexity index is 860. The molecule has 0 aliphatic carbocycles. The summed E-state index contributed by atoms with van der Waals surface area (Å²) in [7, 11) is 0. The SMILES string of the molecule is CC1=CNC(=NCCc2cccnc2)N/C1=C(/C#N)c1ccccn1. The molecule has 0 atom stereocenters. The zero-order valence-electron chi connectivity index (χ0n) is 13.9. The molecule has 2 N–H and O–H groups in total. The lowest BCUT2D eigenvalue weighted by Gasteiger charge is -2.21. The maximum absolute atomic E-state index is 9.58. The predicted octanol–water partition coefficient (Wildman–Crippen LogP) is 2.41. The molecule has 0 spiro atoms. The Morgan fingerprint density at radius 3 is 2.88 bits per heavy atom. The lowest BCUT2D eigenvalue weighted by Crippen LogP contribution is -2.39. The van der Waals surface area contributed by atoms with E-state index in [0.29, 0.717) is 23.8 Å². The van der Waals surface area contributed by atoms with E-state index in [1.807, 2.05) is 49.7 Å². The molecule has 0 aromatic carbocycles. The summed E-state index contributed by atoms with van der Waals surface area (Å²) < 4.78 is 0. The highest BCUT2D eigenvalue weighted by Gasteiger charge is 2.17. The Morgan fingerprint density at radius 2 is 2.16 bits per heavy atom. The first-order valence-corrected chi connectivity index (χ1v) is 7.98. The summed E-state index contributed by atoms with van der Waals surface area (Å²) in [5.74, 6) is 0.619. The number of aromatic nitrogens is 2. The highest BCUT2D eigenvalue weighted by molar-refractivity contribution is 5.90. The Morgan fingerprint density at radius 1 is 1.24 bits per heavy atom. The number of hydrogen-bond donors (Lipinski definition) is 2. The fourth-order valence-electron chi connectivity index (χ4n) is 2.44. The molecule has 1 aliphatic heterocycles. The lowest BCUT2D eigenvalue weighted by molar-refractivity contribution is 0.906. The standard InChI is InChI=1S/C19H18N6/c1-14-12-24-19(23-10-7-15-5-4-8-21-13-15)25-18(14)16(11-20)17-6-2-3-9-22-17/h2-6,8-9,12-13H,7,10H2,1H3,(H2,23,24,25)/b18-16-. The molecule has 2 aromatic rings. The molecule has 2 aromatic heterocycles. The van der Waals surface area contributed by atoms with Gasteiger partial charge in [0.25, 0.3) is 0 Å². The Balaban J connectivity index is 1.79. The van der Waals surface area contributed by atoms with Gasteiger partial charge in [-0.15, -0.1) is 0 Å². The molecule has 0 fully saturated rings. The molecule has 3 rings (SSSR count). The molecule has 1 aliphatic rings. The first-order valence-electron chi connectivity index (χ1n) is 7.98. The highest BCUT2D eigenvalue weighted by Crippen LogP contribution is 2.20. The summed E-state index contributed by atoms with van der Waals surface area (Å²) in [5.41, 5.74) is 3.91. The summed E-state index contributed by atoms with van der Waals surface area (Å²) in [6.45, 7) is 2.55. The van der Waals surface area contributed by atoms with Crippen LogP contribution in [0.15, 0.2) is 71.4 Å². The zero-order chi connectivity index (χ0) is 17.5. The summed E-state index contributed by atoms with van der Waals surface area (Å²) in [5, 5.41) is 15.9. The first kappa shape index (κ1) is 16.4. The Kier molecular flexibility index (Phi) is 5.17. The number of nitriles is 1.